The van der Waals surface area contributed by atoms with Crippen LogP contribution in [0.15, 0.2) is 0 Å². The number of rotatable bonds is 4. The summed E-state index contributed by atoms with van der Waals surface area (Å²) in [5.41, 5.74) is -0.161. The predicted octanol–water partition coefficient (Wildman–Crippen LogP) is 1.31. The summed E-state index contributed by atoms with van der Waals surface area (Å²) in [5.74, 6) is 0.866. The topological polar surface area (TPSA) is 61.4 Å². The van der Waals surface area contributed by atoms with Crippen LogP contribution in [0.25, 0.3) is 0 Å². The summed E-state index contributed by atoms with van der Waals surface area (Å²) in [4.78, 5) is 25.8. The van der Waals surface area contributed by atoms with Gasteiger partial charge in [0.2, 0.25) is 11.8 Å². The highest BCUT2D eigenvalue weighted by atomic mass is 35.5. The molecular weight excluding hydrogens is 290 g/mol. The van der Waals surface area contributed by atoms with Crippen LogP contribution >= 0.6 is 12.4 Å². The van der Waals surface area contributed by atoms with E-state index in [4.69, 9.17) is 0 Å². The molecule has 2 aliphatic rings. The monoisotopic (exact) mass is 317 g/mol. The van der Waals surface area contributed by atoms with Crippen molar-refractivity contribution in [3.05, 3.63) is 0 Å². The van der Waals surface area contributed by atoms with Crippen molar-refractivity contribution in [2.75, 3.05) is 19.6 Å². The normalized spacial score (nSPS) is 25.9. The SMILES string of the molecule is CC(C)(C)N1CC(NC(=O)CCC2CCNC2)CC1=O.Cl. The van der Waals surface area contributed by atoms with Gasteiger partial charge in [0, 0.05) is 24.9 Å². The molecule has 2 saturated heterocycles. The van der Waals surface area contributed by atoms with Gasteiger partial charge in [-0.05, 0) is 52.6 Å². The number of nitrogens with one attached hydrogen (secondary N) is 2. The maximum absolute atomic E-state index is 12.0. The first kappa shape index (κ1) is 18.2. The largest absolute Gasteiger partial charge is 0.351 e. The zero-order valence-corrected chi connectivity index (χ0v) is 14.1. The average molecular weight is 318 g/mol. The van der Waals surface area contributed by atoms with Crippen LogP contribution < -0.4 is 10.6 Å². The molecule has 122 valence electrons. The lowest BCUT2D eigenvalue weighted by molar-refractivity contribution is -0.131. The molecule has 2 heterocycles. The molecule has 0 spiro atoms. The Bertz CT molecular complexity index is 376. The first-order valence-electron chi connectivity index (χ1n) is 7.67. The second kappa shape index (κ2) is 7.45. The molecule has 2 aliphatic heterocycles. The first-order valence-corrected chi connectivity index (χ1v) is 7.67. The van der Waals surface area contributed by atoms with E-state index in [1.165, 1.54) is 6.42 Å². The molecule has 0 aromatic carbocycles. The molecule has 2 fully saturated rings. The minimum absolute atomic E-state index is 0. The van der Waals surface area contributed by atoms with Gasteiger partial charge < -0.3 is 15.5 Å². The molecule has 0 saturated carbocycles. The minimum atomic E-state index is -0.161. The zero-order valence-electron chi connectivity index (χ0n) is 13.3. The van der Waals surface area contributed by atoms with Gasteiger partial charge in [0.25, 0.3) is 0 Å². The smallest absolute Gasteiger partial charge is 0.225 e. The maximum Gasteiger partial charge on any atom is 0.225 e. The number of carbonyl (C=O) groups is 2. The maximum atomic E-state index is 12.0. The third-order valence-corrected chi connectivity index (χ3v) is 4.24. The third kappa shape index (κ3) is 5.15. The first-order chi connectivity index (χ1) is 9.36. The van der Waals surface area contributed by atoms with E-state index in [0.717, 1.165) is 19.5 Å². The van der Waals surface area contributed by atoms with Gasteiger partial charge in [-0.1, -0.05) is 0 Å². The van der Waals surface area contributed by atoms with Crippen molar-refractivity contribution in [2.45, 2.75) is 58.0 Å². The summed E-state index contributed by atoms with van der Waals surface area (Å²) in [6.07, 6.45) is 3.13. The summed E-state index contributed by atoms with van der Waals surface area (Å²) in [7, 11) is 0. The van der Waals surface area contributed by atoms with E-state index in [-0.39, 0.29) is 35.8 Å². The number of carbonyl (C=O) groups excluding carboxylic acids is 2. The van der Waals surface area contributed by atoms with E-state index >= 15 is 0 Å². The van der Waals surface area contributed by atoms with Crippen molar-refractivity contribution in [2.24, 2.45) is 5.92 Å². The lowest BCUT2D eigenvalue weighted by Crippen LogP contribution is -2.44. The fraction of sp³-hybridized carbons (Fsp3) is 0.867. The van der Waals surface area contributed by atoms with E-state index in [2.05, 4.69) is 10.6 Å². The standard InChI is InChI=1S/C15H27N3O2.ClH/c1-15(2,3)18-10-12(8-14(18)20)17-13(19)5-4-11-6-7-16-9-11;/h11-12,16H,4-10H2,1-3H3,(H,17,19);1H. The quantitative estimate of drug-likeness (QED) is 0.822. The fourth-order valence-corrected chi connectivity index (χ4v) is 3.05. The van der Waals surface area contributed by atoms with E-state index in [1.807, 2.05) is 25.7 Å². The second-order valence-corrected chi connectivity index (χ2v) is 7.04. The van der Waals surface area contributed by atoms with Gasteiger partial charge in [-0.3, -0.25) is 9.59 Å². The molecule has 2 atom stereocenters. The van der Waals surface area contributed by atoms with Crippen LogP contribution in [0.5, 0.6) is 0 Å². The van der Waals surface area contributed by atoms with Crippen LogP contribution in [0.4, 0.5) is 0 Å². The van der Waals surface area contributed by atoms with Crippen LogP contribution in [0.1, 0.15) is 46.5 Å². The number of halogens is 1. The Morgan fingerprint density at radius 3 is 2.67 bits per heavy atom. The van der Waals surface area contributed by atoms with Crippen molar-refractivity contribution >= 4 is 24.2 Å². The summed E-state index contributed by atoms with van der Waals surface area (Å²) >= 11 is 0. The van der Waals surface area contributed by atoms with Gasteiger partial charge in [-0.15, -0.1) is 12.4 Å². The van der Waals surface area contributed by atoms with E-state index in [9.17, 15) is 9.59 Å². The molecule has 6 heteroatoms. The van der Waals surface area contributed by atoms with Crippen molar-refractivity contribution in [1.29, 1.82) is 0 Å². The Hall–Kier alpha value is -0.810. The van der Waals surface area contributed by atoms with Gasteiger partial charge in [-0.25, -0.2) is 0 Å². The van der Waals surface area contributed by atoms with Crippen molar-refractivity contribution in [3.63, 3.8) is 0 Å². The van der Waals surface area contributed by atoms with Crippen molar-refractivity contribution < 1.29 is 9.59 Å². The molecule has 0 bridgehead atoms. The molecule has 0 aromatic heterocycles. The zero-order chi connectivity index (χ0) is 14.8. The van der Waals surface area contributed by atoms with Gasteiger partial charge in [-0.2, -0.15) is 0 Å². The Labute approximate surface area is 133 Å². The van der Waals surface area contributed by atoms with Gasteiger partial charge in [0.05, 0.1) is 6.04 Å². The van der Waals surface area contributed by atoms with Gasteiger partial charge >= 0.3 is 0 Å². The van der Waals surface area contributed by atoms with E-state index in [1.54, 1.807) is 0 Å². The van der Waals surface area contributed by atoms with Crippen LogP contribution in [-0.4, -0.2) is 47.9 Å². The highest BCUT2D eigenvalue weighted by Gasteiger charge is 2.36. The molecule has 0 aliphatic carbocycles. The highest BCUT2D eigenvalue weighted by molar-refractivity contribution is 5.85. The fourth-order valence-electron chi connectivity index (χ4n) is 3.05. The second-order valence-electron chi connectivity index (χ2n) is 7.04. The van der Waals surface area contributed by atoms with Gasteiger partial charge in [0.1, 0.15) is 0 Å². The molecule has 0 aromatic rings. The lowest BCUT2D eigenvalue weighted by Gasteiger charge is -2.32. The Balaban J connectivity index is 0.00000220. The molecule has 2 rings (SSSR count). The van der Waals surface area contributed by atoms with Crippen LogP contribution in [-0.2, 0) is 9.59 Å². The van der Waals surface area contributed by atoms with Crippen molar-refractivity contribution in [3.8, 4) is 0 Å². The third-order valence-electron chi connectivity index (χ3n) is 4.24. The Morgan fingerprint density at radius 1 is 1.43 bits per heavy atom. The number of hydrogen-bond acceptors (Lipinski definition) is 3. The molecule has 2 unspecified atom stereocenters. The number of nitrogens with zero attached hydrogens (tertiary/aromatic N) is 1. The number of likely N-dealkylation sites (tertiary alicyclic amines) is 1. The molecule has 5 nitrogen and oxygen atoms in total. The summed E-state index contributed by atoms with van der Waals surface area (Å²) in [5, 5.41) is 6.33. The molecule has 2 N–H and O–H groups in total. The molecule has 21 heavy (non-hydrogen) atoms. The molecule has 2 amide bonds. The predicted molar refractivity (Wildman–Crippen MR) is 85.5 cm³/mol. The summed E-state index contributed by atoms with van der Waals surface area (Å²) in [6.45, 7) is 8.84. The number of hydrogen-bond donors (Lipinski definition) is 2. The lowest BCUT2D eigenvalue weighted by atomic mass is 10.0. The summed E-state index contributed by atoms with van der Waals surface area (Å²) < 4.78 is 0. The van der Waals surface area contributed by atoms with Crippen molar-refractivity contribution in [1.82, 2.24) is 15.5 Å². The van der Waals surface area contributed by atoms with Crippen LogP contribution in [0, 0.1) is 5.92 Å². The number of amides is 2. The van der Waals surface area contributed by atoms with E-state index < -0.39 is 0 Å². The Morgan fingerprint density at radius 2 is 2.14 bits per heavy atom. The van der Waals surface area contributed by atoms with E-state index in [0.29, 0.717) is 25.3 Å². The average Bonchev–Trinajstić information content (AvgIpc) is 2.95. The highest BCUT2D eigenvalue weighted by Crippen LogP contribution is 2.22. The Kier molecular flexibility index (Phi) is 6.47. The molecule has 0 radical (unpaired) electrons. The van der Waals surface area contributed by atoms with Crippen LogP contribution in [0.2, 0.25) is 0 Å². The minimum Gasteiger partial charge on any atom is -0.351 e. The van der Waals surface area contributed by atoms with Gasteiger partial charge in [0.15, 0.2) is 0 Å². The molecular formula is C15H28ClN3O2. The summed E-state index contributed by atoms with van der Waals surface area (Å²) in [6, 6.07) is -0.0177. The van der Waals surface area contributed by atoms with Crippen LogP contribution in [0.3, 0.4) is 0 Å².